The molecule has 79 heavy (non-hydrogen) atoms. The molecule has 6 aromatic rings. The summed E-state index contributed by atoms with van der Waals surface area (Å²) in [5.74, 6) is -2.21. The molecule has 9 heterocycles. The highest BCUT2D eigenvalue weighted by Gasteiger charge is 2.55. The Balaban J connectivity index is 0.892. The van der Waals surface area contributed by atoms with E-state index in [1.807, 2.05) is 0 Å². The van der Waals surface area contributed by atoms with Crippen molar-refractivity contribution in [2.45, 2.75) is 80.4 Å². The topological polar surface area (TPSA) is 565 Å². The van der Waals surface area contributed by atoms with Crippen LogP contribution in [0, 0.1) is 5.92 Å². The van der Waals surface area contributed by atoms with Crippen LogP contribution >= 0.6 is 31.1 Å². The van der Waals surface area contributed by atoms with Gasteiger partial charge in [-0.05, 0) is 6.42 Å². The monoisotopic (exact) mass is 1200 g/mol. The van der Waals surface area contributed by atoms with Crippen LogP contribution in [0.1, 0.15) is 32.0 Å². The Morgan fingerprint density at radius 2 is 1.32 bits per heavy atom. The minimum atomic E-state index is -6.24. The van der Waals surface area contributed by atoms with Gasteiger partial charge in [-0.2, -0.15) is 23.2 Å². The van der Waals surface area contributed by atoms with Crippen LogP contribution in [0.5, 0.6) is 0 Å². The number of hydrogen-bond acceptors (Lipinski definition) is 29. The summed E-state index contributed by atoms with van der Waals surface area (Å²) in [6.07, 6.45) is -11.8. The second kappa shape index (κ2) is 22.0. The third-order valence-electron chi connectivity index (χ3n) is 12.7. The second-order valence-electron chi connectivity index (χ2n) is 17.9. The molecule has 0 aromatic carbocycles. The summed E-state index contributed by atoms with van der Waals surface area (Å²) in [6, 6.07) is 0. The Bertz CT molecular complexity index is 3620. The minimum absolute atomic E-state index is 0.0108. The van der Waals surface area contributed by atoms with E-state index < -0.39 is 141 Å². The maximum Gasteiger partial charge on any atom is 0.490 e. The van der Waals surface area contributed by atoms with Crippen molar-refractivity contribution in [2.24, 2.45) is 13.0 Å². The SMILES string of the molecule is CO[C@@H]1[C@H](P(=O)([O-])OC[C@H]2O[C@@H](n3cnc4c(=O)[nH]c(N)nc43)[C@H](O)[C@@H]2O)[C@@H](COP(=O)(O)OP(=O)(O)OP(=O)(O)OC[C@H]2O[C@@H](n3c[n+](C)c4c(=O)[nH]c(N)nc43)[C@H](O)[C@@H]2CCNC(C)=O)O[C@H]1n1cnc2c(N)ncnc21. The number of imidazole rings is 3. The number of nitrogen functional groups attached to an aromatic ring is 3. The van der Waals surface area contributed by atoms with Crippen LogP contribution in [-0.2, 0) is 71.2 Å². The summed E-state index contributed by atoms with van der Waals surface area (Å²) in [5, 5.41) is 36.0. The van der Waals surface area contributed by atoms with Gasteiger partial charge in [-0.3, -0.25) is 42.5 Å². The number of carbonyl (C=O) groups is 1. The number of amides is 1. The van der Waals surface area contributed by atoms with Gasteiger partial charge in [0, 0.05) is 26.5 Å². The first-order valence-corrected chi connectivity index (χ1v) is 29.0. The van der Waals surface area contributed by atoms with E-state index in [4.69, 9.17) is 49.7 Å². The molecule has 3 fully saturated rings. The van der Waals surface area contributed by atoms with Gasteiger partial charge in [-0.1, -0.05) is 0 Å². The van der Waals surface area contributed by atoms with E-state index >= 15 is 0 Å². The summed E-state index contributed by atoms with van der Waals surface area (Å²) in [6.45, 7) is -2.22. The number of aliphatic hydroxyl groups excluding tert-OH is 3. The van der Waals surface area contributed by atoms with Crippen molar-refractivity contribution in [2.75, 3.05) is 50.7 Å². The molecule has 0 spiro atoms. The number of methoxy groups -OCH3 is 1. The van der Waals surface area contributed by atoms with Gasteiger partial charge in [0.05, 0.1) is 57.4 Å². The number of nitrogens with zero attached hydrogens (tertiary/aromatic N) is 10. The number of anilines is 3. The van der Waals surface area contributed by atoms with Gasteiger partial charge in [0.1, 0.15) is 50.0 Å². The fourth-order valence-corrected chi connectivity index (χ4v) is 14.6. The number of fused-ring (bicyclic) bond motifs is 3. The van der Waals surface area contributed by atoms with Crippen molar-refractivity contribution in [3.05, 3.63) is 46.0 Å². The molecule has 0 aliphatic carbocycles. The average Bonchev–Trinajstić information content (AvgIpc) is 4.43. The minimum Gasteiger partial charge on any atom is -0.778 e. The largest absolute Gasteiger partial charge is 0.778 e. The lowest BCUT2D eigenvalue weighted by Crippen LogP contribution is -2.40. The van der Waals surface area contributed by atoms with Crippen LogP contribution in [0.2, 0.25) is 0 Å². The fraction of sp³-hybridized carbons (Fsp3) is 0.556. The lowest BCUT2D eigenvalue weighted by molar-refractivity contribution is -0.646. The maximum absolute atomic E-state index is 14.3. The number of nitrogens with one attached hydrogen (secondary N) is 3. The number of H-pyrrole nitrogens is 2. The Labute approximate surface area is 439 Å². The molecule has 3 aliphatic heterocycles. The predicted octanol–water partition coefficient (Wildman–Crippen LogP) is -4.49. The number of rotatable bonds is 21. The number of phosphoric ester groups is 2. The van der Waals surface area contributed by atoms with Crippen LogP contribution in [0.4, 0.5) is 17.7 Å². The molecule has 4 unspecified atom stereocenters. The van der Waals surface area contributed by atoms with E-state index in [-0.39, 0.29) is 64.2 Å². The van der Waals surface area contributed by atoms with Crippen LogP contribution in [-0.4, -0.2) is 171 Å². The lowest BCUT2D eigenvalue weighted by atomic mass is 9.94. The highest BCUT2D eigenvalue weighted by Crippen LogP contribution is 2.68. The molecule has 39 nitrogen and oxygen atoms in total. The fourth-order valence-electron chi connectivity index (χ4n) is 9.33. The van der Waals surface area contributed by atoms with Crippen molar-refractivity contribution < 1.29 is 104 Å². The molecular formula is C36H50N16O23P4. The number of aromatic nitrogens is 12. The molecule has 15 N–H and O–H groups in total. The van der Waals surface area contributed by atoms with Gasteiger partial charge < -0.3 is 85.4 Å². The molecule has 9 rings (SSSR count). The van der Waals surface area contributed by atoms with Gasteiger partial charge >= 0.3 is 29.0 Å². The molecule has 0 radical (unpaired) electrons. The quantitative estimate of drug-likeness (QED) is 0.0239. The Morgan fingerprint density at radius 1 is 0.747 bits per heavy atom. The molecule has 0 saturated carbocycles. The smallest absolute Gasteiger partial charge is 0.490 e. The normalized spacial score (nSPS) is 29.4. The molecule has 43 heteroatoms. The van der Waals surface area contributed by atoms with Crippen molar-refractivity contribution in [3.63, 3.8) is 0 Å². The van der Waals surface area contributed by atoms with Gasteiger partial charge in [0.15, 0.2) is 35.1 Å². The first kappa shape index (κ1) is 58.1. The number of aliphatic hydroxyl groups is 3. The third kappa shape index (κ3) is 11.8. The first-order valence-electron chi connectivity index (χ1n) is 22.9. The van der Waals surface area contributed by atoms with Crippen LogP contribution in [0.25, 0.3) is 33.5 Å². The second-order valence-corrected chi connectivity index (χ2v) is 24.5. The lowest BCUT2D eigenvalue weighted by Gasteiger charge is -2.35. The number of phosphoric acid groups is 3. The van der Waals surface area contributed by atoms with E-state index in [9.17, 15) is 67.5 Å². The maximum atomic E-state index is 14.3. The number of carbonyl (C=O) groups excluding carboxylic acids is 1. The Morgan fingerprint density at radius 3 is 1.97 bits per heavy atom. The van der Waals surface area contributed by atoms with Gasteiger partial charge in [0.25, 0.3) is 16.7 Å². The number of nitrogens with two attached hydrogens (primary N) is 3. The van der Waals surface area contributed by atoms with E-state index in [1.54, 1.807) is 0 Å². The number of hydrogen-bond donors (Lipinski definition) is 12. The Hall–Kier alpha value is -5.60. The van der Waals surface area contributed by atoms with Gasteiger partial charge in [-0.25, -0.2) is 38.2 Å². The van der Waals surface area contributed by atoms with E-state index in [0.29, 0.717) is 0 Å². The molecular weight excluding hydrogens is 1150 g/mol. The summed E-state index contributed by atoms with van der Waals surface area (Å²) >= 11 is 0. The van der Waals surface area contributed by atoms with Crippen LogP contribution in [0.3, 0.4) is 0 Å². The standard InChI is InChI=1S/C36H50N16O23P4/c1-13(53)40-5-4-14-15(71-32(21(14)54)52-12-49(2)20-29(52)46-36(39)48-31(20)58)6-69-77(61,62)74-79(65,66)75-78(63,64)70-8-17-25(24(67-3)34(73-17)50-10-43-18-26(37)41-9-42-27(18)50)76(59,60)68-7-16-22(55)23(56)33(72-16)51-11-44-19-28(51)45-35(38)47-30(19)57/h9-12,14-17,21-25,32-34,54-56H,4-8H2,1-3H3,(H12-,37,38,39,40,41,42,45,46,47,48,53,57,58,59,60,61,62,63,64,65,66)/t14-,15-,16-,17-,21-,22-,23-,24-,25-,32-,33-,34-/m1/s1. The van der Waals surface area contributed by atoms with E-state index in [1.165, 1.54) is 29.4 Å². The zero-order valence-electron chi connectivity index (χ0n) is 40.9. The van der Waals surface area contributed by atoms with Crippen molar-refractivity contribution >= 4 is 88.2 Å². The van der Waals surface area contributed by atoms with E-state index in [2.05, 4.69) is 53.8 Å². The number of aromatic amines is 2. The summed E-state index contributed by atoms with van der Waals surface area (Å²) in [5.41, 5.74) is 13.5. The van der Waals surface area contributed by atoms with Crippen LogP contribution in [0.15, 0.2) is 34.9 Å². The van der Waals surface area contributed by atoms with Crippen molar-refractivity contribution in [3.8, 4) is 0 Å². The molecule has 3 saturated heterocycles. The highest BCUT2D eigenvalue weighted by atomic mass is 31.3. The van der Waals surface area contributed by atoms with Crippen LogP contribution < -0.4 is 43.1 Å². The summed E-state index contributed by atoms with van der Waals surface area (Å²) in [7, 11) is -21.2. The zero-order chi connectivity index (χ0) is 57.3. The van der Waals surface area contributed by atoms with Crippen molar-refractivity contribution in [1.82, 2.24) is 58.9 Å². The average molecular weight is 1200 g/mol. The van der Waals surface area contributed by atoms with E-state index in [0.717, 1.165) is 35.2 Å². The first-order chi connectivity index (χ1) is 37.1. The summed E-state index contributed by atoms with van der Waals surface area (Å²) < 4.78 is 106. The number of ether oxygens (including phenoxy) is 4. The third-order valence-corrected chi connectivity index (χ3v) is 18.9. The summed E-state index contributed by atoms with van der Waals surface area (Å²) in [4.78, 5) is 112. The Kier molecular flexibility index (Phi) is 16.2. The predicted molar refractivity (Wildman–Crippen MR) is 256 cm³/mol. The van der Waals surface area contributed by atoms with Gasteiger partial charge in [-0.15, -0.1) is 0 Å². The molecule has 6 aromatic heterocycles. The molecule has 432 valence electrons. The number of aryl methyl sites for hydroxylation is 1. The highest BCUT2D eigenvalue weighted by molar-refractivity contribution is 7.66. The van der Waals surface area contributed by atoms with Gasteiger partial charge in [0.2, 0.25) is 30.4 Å². The molecule has 0 bridgehead atoms. The molecule has 3 aliphatic rings. The zero-order valence-corrected chi connectivity index (χ0v) is 44.5. The van der Waals surface area contributed by atoms with Crippen molar-refractivity contribution in [1.29, 1.82) is 0 Å². The molecule has 1 amide bonds. The molecule has 16 atom stereocenters.